The molecule has 1 amide bonds. The fraction of sp³-hybridized carbons (Fsp3) is 0.222. The maximum Gasteiger partial charge on any atom is 0.255 e. The first kappa shape index (κ1) is 17.0. The molecule has 3 aromatic heterocycles. The van der Waals surface area contributed by atoms with Crippen molar-refractivity contribution in [3.8, 4) is 10.7 Å². The molecule has 0 spiro atoms. The number of thiazole rings is 1. The van der Waals surface area contributed by atoms with Crippen molar-refractivity contribution < 1.29 is 4.79 Å². The fourth-order valence-electron chi connectivity index (χ4n) is 2.36. The predicted octanol–water partition coefficient (Wildman–Crippen LogP) is 2.64. The molecule has 3 heterocycles. The molecular formula is C18H19N5OS. The minimum absolute atomic E-state index is 0.128. The molecular weight excluding hydrogens is 334 g/mol. The summed E-state index contributed by atoms with van der Waals surface area (Å²) in [5.74, 6) is 0.531. The van der Waals surface area contributed by atoms with Crippen LogP contribution < -0.4 is 10.2 Å². The molecule has 3 aromatic rings. The van der Waals surface area contributed by atoms with Crippen molar-refractivity contribution in [1.82, 2.24) is 20.3 Å². The summed E-state index contributed by atoms with van der Waals surface area (Å²) in [5, 5.41) is 5.83. The van der Waals surface area contributed by atoms with Gasteiger partial charge in [-0.05, 0) is 24.3 Å². The van der Waals surface area contributed by atoms with Gasteiger partial charge in [-0.15, -0.1) is 11.3 Å². The molecule has 1 N–H and O–H groups in total. The number of carbonyl (C=O) groups excluding carboxylic acids is 1. The van der Waals surface area contributed by atoms with Crippen LogP contribution in [0.2, 0.25) is 0 Å². The smallest absolute Gasteiger partial charge is 0.255 e. The van der Waals surface area contributed by atoms with E-state index < -0.39 is 0 Å². The zero-order valence-electron chi connectivity index (χ0n) is 14.1. The van der Waals surface area contributed by atoms with Crippen molar-refractivity contribution in [3.05, 3.63) is 59.4 Å². The van der Waals surface area contributed by atoms with Gasteiger partial charge in [-0.25, -0.2) is 9.97 Å². The molecule has 0 atom stereocenters. The average Bonchev–Trinajstić information content (AvgIpc) is 3.11. The fourth-order valence-corrected chi connectivity index (χ4v) is 3.19. The summed E-state index contributed by atoms with van der Waals surface area (Å²) < 4.78 is 0. The highest BCUT2D eigenvalue weighted by molar-refractivity contribution is 7.13. The van der Waals surface area contributed by atoms with Gasteiger partial charge >= 0.3 is 0 Å². The van der Waals surface area contributed by atoms with Crippen LogP contribution >= 0.6 is 11.3 Å². The third kappa shape index (κ3) is 4.19. The highest BCUT2D eigenvalue weighted by Crippen LogP contribution is 2.21. The SMILES string of the molecule is CN(C)c1ncccc1C(=O)NCCc1csc(-c2ccccn2)n1. The van der Waals surface area contributed by atoms with Gasteiger partial charge in [0.1, 0.15) is 10.8 Å². The molecule has 6 nitrogen and oxygen atoms in total. The van der Waals surface area contributed by atoms with Gasteiger partial charge in [0.05, 0.1) is 17.0 Å². The van der Waals surface area contributed by atoms with Crippen LogP contribution in [0.1, 0.15) is 16.1 Å². The highest BCUT2D eigenvalue weighted by atomic mass is 32.1. The summed E-state index contributed by atoms with van der Waals surface area (Å²) in [7, 11) is 3.74. The van der Waals surface area contributed by atoms with Crippen LogP contribution in [0.25, 0.3) is 10.7 Å². The summed E-state index contributed by atoms with van der Waals surface area (Å²) >= 11 is 1.56. The first-order valence-electron chi connectivity index (χ1n) is 7.91. The number of amides is 1. The molecule has 0 saturated heterocycles. The van der Waals surface area contributed by atoms with Crippen LogP contribution in [-0.2, 0) is 6.42 Å². The van der Waals surface area contributed by atoms with Crippen molar-refractivity contribution in [2.75, 3.05) is 25.5 Å². The Balaban J connectivity index is 1.59. The number of pyridine rings is 2. The molecule has 0 fully saturated rings. The largest absolute Gasteiger partial charge is 0.362 e. The normalized spacial score (nSPS) is 10.5. The van der Waals surface area contributed by atoms with E-state index in [0.29, 0.717) is 24.3 Å². The van der Waals surface area contributed by atoms with Gasteiger partial charge in [0.15, 0.2) is 0 Å². The first-order chi connectivity index (χ1) is 12.1. The Morgan fingerprint density at radius 3 is 2.76 bits per heavy atom. The van der Waals surface area contributed by atoms with Gasteiger partial charge in [-0.3, -0.25) is 9.78 Å². The van der Waals surface area contributed by atoms with E-state index >= 15 is 0 Å². The topological polar surface area (TPSA) is 71.0 Å². The number of aromatic nitrogens is 3. The quantitative estimate of drug-likeness (QED) is 0.738. The number of carbonyl (C=O) groups is 1. The van der Waals surface area contributed by atoms with E-state index in [-0.39, 0.29) is 5.91 Å². The Morgan fingerprint density at radius 1 is 1.16 bits per heavy atom. The molecule has 7 heteroatoms. The molecule has 0 aliphatic rings. The van der Waals surface area contributed by atoms with Gasteiger partial charge in [-0.2, -0.15) is 0 Å². The summed E-state index contributed by atoms with van der Waals surface area (Å²) in [6, 6.07) is 9.31. The van der Waals surface area contributed by atoms with Crippen LogP contribution in [0, 0.1) is 0 Å². The monoisotopic (exact) mass is 353 g/mol. The van der Waals surface area contributed by atoms with Crippen LogP contribution in [0.3, 0.4) is 0 Å². The summed E-state index contributed by atoms with van der Waals surface area (Å²) in [6.45, 7) is 0.520. The third-order valence-corrected chi connectivity index (χ3v) is 4.47. The van der Waals surface area contributed by atoms with E-state index in [9.17, 15) is 4.79 Å². The second-order valence-corrected chi connectivity index (χ2v) is 6.49. The second kappa shape index (κ2) is 7.85. The van der Waals surface area contributed by atoms with Gasteiger partial charge in [0, 0.05) is 44.8 Å². The van der Waals surface area contributed by atoms with Crippen LogP contribution in [0.15, 0.2) is 48.1 Å². The zero-order valence-corrected chi connectivity index (χ0v) is 15.0. The highest BCUT2D eigenvalue weighted by Gasteiger charge is 2.13. The lowest BCUT2D eigenvalue weighted by Crippen LogP contribution is -2.28. The maximum atomic E-state index is 12.4. The molecule has 0 aliphatic carbocycles. The van der Waals surface area contributed by atoms with Crippen molar-refractivity contribution in [2.45, 2.75) is 6.42 Å². The molecule has 0 unspecified atom stereocenters. The van der Waals surface area contributed by atoms with Crippen molar-refractivity contribution in [1.29, 1.82) is 0 Å². The van der Waals surface area contributed by atoms with E-state index in [0.717, 1.165) is 16.4 Å². The number of nitrogens with zero attached hydrogens (tertiary/aromatic N) is 4. The third-order valence-electron chi connectivity index (χ3n) is 3.56. The van der Waals surface area contributed by atoms with Gasteiger partial charge < -0.3 is 10.2 Å². The molecule has 0 saturated carbocycles. The molecule has 25 heavy (non-hydrogen) atoms. The molecule has 128 valence electrons. The maximum absolute atomic E-state index is 12.4. The molecule has 0 bridgehead atoms. The zero-order chi connectivity index (χ0) is 17.6. The lowest BCUT2D eigenvalue weighted by Gasteiger charge is -2.15. The van der Waals surface area contributed by atoms with Gasteiger partial charge in [0.25, 0.3) is 5.91 Å². The van der Waals surface area contributed by atoms with Gasteiger partial charge in [-0.1, -0.05) is 6.07 Å². The molecule has 0 radical (unpaired) electrons. The summed E-state index contributed by atoms with van der Waals surface area (Å²) in [6.07, 6.45) is 4.11. The predicted molar refractivity (Wildman–Crippen MR) is 99.9 cm³/mol. The van der Waals surface area contributed by atoms with Crippen molar-refractivity contribution >= 4 is 23.1 Å². The van der Waals surface area contributed by atoms with E-state index in [1.807, 2.05) is 42.6 Å². The van der Waals surface area contributed by atoms with Gasteiger partial charge in [0.2, 0.25) is 0 Å². The Labute approximate surface area is 150 Å². The van der Waals surface area contributed by atoms with E-state index in [2.05, 4.69) is 20.3 Å². The average molecular weight is 353 g/mol. The van der Waals surface area contributed by atoms with Crippen LogP contribution in [-0.4, -0.2) is 41.5 Å². The van der Waals surface area contributed by atoms with Crippen molar-refractivity contribution in [2.24, 2.45) is 0 Å². The molecule has 0 aliphatic heterocycles. The number of hydrogen-bond acceptors (Lipinski definition) is 6. The minimum atomic E-state index is -0.128. The lowest BCUT2D eigenvalue weighted by atomic mass is 10.2. The number of hydrogen-bond donors (Lipinski definition) is 1. The Kier molecular flexibility index (Phi) is 5.35. The molecule has 3 rings (SSSR count). The Morgan fingerprint density at radius 2 is 2.00 bits per heavy atom. The second-order valence-electron chi connectivity index (χ2n) is 5.63. The summed E-state index contributed by atoms with van der Waals surface area (Å²) in [4.78, 5) is 27.3. The number of rotatable bonds is 6. The van der Waals surface area contributed by atoms with E-state index in [1.54, 1.807) is 35.9 Å². The minimum Gasteiger partial charge on any atom is -0.362 e. The van der Waals surface area contributed by atoms with E-state index in [4.69, 9.17) is 0 Å². The number of nitrogens with one attached hydrogen (secondary N) is 1. The van der Waals surface area contributed by atoms with Crippen LogP contribution in [0.5, 0.6) is 0 Å². The van der Waals surface area contributed by atoms with Crippen LogP contribution in [0.4, 0.5) is 5.82 Å². The Bertz CT molecular complexity index is 847. The first-order valence-corrected chi connectivity index (χ1v) is 8.79. The Hall–Kier alpha value is -2.80. The van der Waals surface area contributed by atoms with E-state index in [1.165, 1.54) is 0 Å². The van der Waals surface area contributed by atoms with Crippen molar-refractivity contribution in [3.63, 3.8) is 0 Å². The lowest BCUT2D eigenvalue weighted by molar-refractivity contribution is 0.0954. The summed E-state index contributed by atoms with van der Waals surface area (Å²) in [5.41, 5.74) is 2.39. The molecule has 0 aromatic carbocycles. The number of anilines is 1. The standard InChI is InChI=1S/C18H19N5OS/c1-23(2)16-14(6-5-10-20-16)17(24)21-11-8-13-12-25-18(22-13)15-7-3-4-9-19-15/h3-7,9-10,12H,8,11H2,1-2H3,(H,21,24).